The van der Waals surface area contributed by atoms with Gasteiger partial charge >= 0.3 is 78.9 Å². The minimum atomic E-state index is -0.526. The van der Waals surface area contributed by atoms with Crippen LogP contribution in [0.5, 0.6) is 0 Å². The number of hydrogen-bond donors (Lipinski definition) is 0. The van der Waals surface area contributed by atoms with Crippen LogP contribution in [-0.2, 0) is 22.9 Å². The summed E-state index contributed by atoms with van der Waals surface area (Å²) in [5, 5.41) is 0. The van der Waals surface area contributed by atoms with Gasteiger partial charge < -0.3 is 0 Å². The predicted molar refractivity (Wildman–Crippen MR) is 82.5 cm³/mol. The molecular formula is C18H24Hf. The monoisotopic (exact) mass is 420 g/mol. The molecule has 2 aliphatic carbocycles. The molecule has 0 spiro atoms. The molecule has 0 heterocycles. The van der Waals surface area contributed by atoms with Crippen molar-refractivity contribution in [2.45, 2.75) is 39.5 Å². The van der Waals surface area contributed by atoms with Gasteiger partial charge in [0.1, 0.15) is 0 Å². The first-order valence-electron chi connectivity index (χ1n) is 7.01. The van der Waals surface area contributed by atoms with Crippen LogP contribution >= 0.6 is 0 Å². The van der Waals surface area contributed by atoms with E-state index in [9.17, 15) is 0 Å². The summed E-state index contributed by atoms with van der Waals surface area (Å²) in [4.78, 5) is 0. The van der Waals surface area contributed by atoms with Gasteiger partial charge in [0.25, 0.3) is 0 Å². The van der Waals surface area contributed by atoms with Crippen molar-refractivity contribution in [2.75, 3.05) is 0 Å². The minimum absolute atomic E-state index is 0.526. The minimum Gasteiger partial charge on any atom is -0.0956 e. The van der Waals surface area contributed by atoms with Gasteiger partial charge in [-0.15, -0.1) is 0 Å². The summed E-state index contributed by atoms with van der Waals surface area (Å²) in [6, 6.07) is 0. The van der Waals surface area contributed by atoms with Gasteiger partial charge in [0.05, 0.1) is 0 Å². The average molecular weight is 419 g/mol. The first-order chi connectivity index (χ1) is 9.17. The van der Waals surface area contributed by atoms with E-state index in [-0.39, 0.29) is 0 Å². The van der Waals surface area contributed by atoms with Crippen LogP contribution in [0.4, 0.5) is 0 Å². The van der Waals surface area contributed by atoms with Gasteiger partial charge in [-0.25, -0.2) is 0 Å². The van der Waals surface area contributed by atoms with Gasteiger partial charge in [-0.2, -0.15) is 0 Å². The average Bonchev–Trinajstić information content (AvgIpc) is 3.11. The van der Waals surface area contributed by atoms with E-state index >= 15 is 0 Å². The first kappa shape index (κ1) is 16.4. The number of hydrogen-bond acceptors (Lipinski definition) is 0. The second-order valence-electron chi connectivity index (χ2n) is 4.69. The molecule has 0 N–H and O–H groups in total. The van der Waals surface area contributed by atoms with Gasteiger partial charge in [0, 0.05) is 0 Å². The molecule has 0 amide bonds. The third kappa shape index (κ3) is 6.33. The molecule has 2 rings (SSSR count). The molecule has 19 heavy (non-hydrogen) atoms. The standard InChI is InChI=1S/C8H14.2C5H5.Hf/c1-5-7(3)8(4)6-2;2*1-2-4-5-3-1;/h3-6H2,1-2H3;2*1-3H,4H2;. The molecule has 0 fully saturated rings. The van der Waals surface area contributed by atoms with Gasteiger partial charge in [-0.3, -0.25) is 0 Å². The summed E-state index contributed by atoms with van der Waals surface area (Å²) < 4.78 is 3.50. The molecule has 0 radical (unpaired) electrons. The summed E-state index contributed by atoms with van der Waals surface area (Å²) in [6.07, 6.45) is 18.2. The summed E-state index contributed by atoms with van der Waals surface area (Å²) in [5.41, 5.74) is 2.38. The summed E-state index contributed by atoms with van der Waals surface area (Å²) in [6.45, 7) is 11.9. The molecule has 0 saturated carbocycles. The van der Waals surface area contributed by atoms with Crippen molar-refractivity contribution in [3.8, 4) is 0 Å². The molecule has 0 unspecified atom stereocenters. The van der Waals surface area contributed by atoms with Crippen LogP contribution in [0.15, 0.2) is 67.4 Å². The predicted octanol–water partition coefficient (Wildman–Crippen LogP) is 5.68. The van der Waals surface area contributed by atoms with E-state index in [1.165, 1.54) is 24.0 Å². The molecule has 0 aromatic rings. The quantitative estimate of drug-likeness (QED) is 0.398. The van der Waals surface area contributed by atoms with Crippen LogP contribution in [0, 0.1) is 0 Å². The van der Waals surface area contributed by atoms with Gasteiger partial charge in [0.2, 0.25) is 0 Å². The van der Waals surface area contributed by atoms with E-state index in [0.29, 0.717) is 0 Å². The SMILES string of the molecule is C1=CC[C]([Hf][C]2=CC=CC2)=C1.C=C(CC)C(=C)CC. The maximum atomic E-state index is 3.84. The Balaban J connectivity index is 0.000000203. The van der Waals surface area contributed by atoms with Crippen LogP contribution in [0.25, 0.3) is 0 Å². The number of rotatable bonds is 5. The Morgan fingerprint density at radius 1 is 0.947 bits per heavy atom. The molecule has 0 aromatic carbocycles. The van der Waals surface area contributed by atoms with Crippen molar-refractivity contribution in [1.29, 1.82) is 0 Å². The zero-order valence-corrected chi connectivity index (χ0v) is 15.8. The molecular weight excluding hydrogens is 395 g/mol. The Bertz CT molecular complexity index is 402. The maximum absolute atomic E-state index is 3.84. The van der Waals surface area contributed by atoms with E-state index in [0.717, 1.165) is 12.8 Å². The molecule has 2 aliphatic rings. The summed E-state index contributed by atoms with van der Waals surface area (Å²) in [5.74, 6) is 0. The van der Waals surface area contributed by atoms with Crippen LogP contribution in [0.1, 0.15) is 39.5 Å². The number of allylic oxidation sites excluding steroid dienone is 10. The van der Waals surface area contributed by atoms with Gasteiger partial charge in [0.15, 0.2) is 0 Å². The van der Waals surface area contributed by atoms with Crippen molar-refractivity contribution in [3.05, 3.63) is 67.4 Å². The van der Waals surface area contributed by atoms with Crippen molar-refractivity contribution >= 4 is 0 Å². The Morgan fingerprint density at radius 2 is 1.37 bits per heavy atom. The van der Waals surface area contributed by atoms with Crippen molar-refractivity contribution in [3.63, 3.8) is 0 Å². The normalized spacial score (nSPS) is 15.5. The fourth-order valence-corrected chi connectivity index (χ4v) is 6.14. The van der Waals surface area contributed by atoms with E-state index < -0.39 is 22.9 Å². The van der Waals surface area contributed by atoms with Crippen molar-refractivity contribution < 1.29 is 22.9 Å². The molecule has 0 bridgehead atoms. The van der Waals surface area contributed by atoms with E-state index in [4.69, 9.17) is 0 Å². The second-order valence-corrected chi connectivity index (χ2v) is 10.2. The Morgan fingerprint density at radius 3 is 1.63 bits per heavy atom. The Labute approximate surface area is 129 Å². The summed E-state index contributed by atoms with van der Waals surface area (Å²) in [7, 11) is 0. The van der Waals surface area contributed by atoms with Crippen molar-refractivity contribution in [2.24, 2.45) is 0 Å². The molecule has 0 atom stereocenters. The molecule has 100 valence electrons. The van der Waals surface area contributed by atoms with E-state index in [2.05, 4.69) is 63.5 Å². The smallest absolute Gasteiger partial charge is 0.0311 e. The fourth-order valence-electron chi connectivity index (χ4n) is 1.79. The Hall–Kier alpha value is -0.690. The van der Waals surface area contributed by atoms with Gasteiger partial charge in [-0.1, -0.05) is 38.2 Å². The molecule has 0 nitrogen and oxygen atoms in total. The molecule has 0 saturated heterocycles. The van der Waals surface area contributed by atoms with E-state index in [1.807, 2.05) is 0 Å². The Kier molecular flexibility index (Phi) is 7.97. The topological polar surface area (TPSA) is 0 Å². The molecule has 0 aromatic heterocycles. The van der Waals surface area contributed by atoms with Crippen LogP contribution in [-0.4, -0.2) is 0 Å². The zero-order chi connectivity index (χ0) is 14.1. The molecule has 1 heteroatoms. The van der Waals surface area contributed by atoms with Gasteiger partial charge in [-0.05, 0) is 12.8 Å². The van der Waals surface area contributed by atoms with Crippen LogP contribution in [0.2, 0.25) is 0 Å². The second kappa shape index (κ2) is 9.25. The first-order valence-corrected chi connectivity index (χ1v) is 10.6. The fraction of sp³-hybridized carbons (Fsp3) is 0.333. The van der Waals surface area contributed by atoms with E-state index in [1.54, 1.807) is 6.66 Å². The largest absolute Gasteiger partial charge is 0.0956 e. The maximum Gasteiger partial charge on any atom is -0.0311 e. The van der Waals surface area contributed by atoms with Crippen LogP contribution in [0.3, 0.4) is 0 Å². The third-order valence-electron chi connectivity index (χ3n) is 3.22. The van der Waals surface area contributed by atoms with Crippen LogP contribution < -0.4 is 0 Å². The zero-order valence-electron chi connectivity index (χ0n) is 12.2. The van der Waals surface area contributed by atoms with Crippen molar-refractivity contribution in [1.82, 2.24) is 0 Å². The summed E-state index contributed by atoms with van der Waals surface area (Å²) >= 11 is -0.526. The molecule has 0 aliphatic heterocycles. The third-order valence-corrected chi connectivity index (χ3v) is 8.19.